The molecule has 6 heteroatoms. The van der Waals surface area contributed by atoms with Crippen LogP contribution in [0.4, 0.5) is 5.69 Å². The maximum absolute atomic E-state index is 12.2. The van der Waals surface area contributed by atoms with Crippen molar-refractivity contribution in [3.63, 3.8) is 0 Å². The molecule has 0 aliphatic rings. The first-order chi connectivity index (χ1) is 9.63. The number of nitrogens with one attached hydrogen (secondary N) is 2. The van der Waals surface area contributed by atoms with Gasteiger partial charge in [0.05, 0.1) is 22.4 Å². The highest BCUT2D eigenvalue weighted by atomic mass is 35.5. The summed E-state index contributed by atoms with van der Waals surface area (Å²) in [5.74, 6) is -0.259. The van der Waals surface area contributed by atoms with E-state index < -0.39 is 0 Å². The van der Waals surface area contributed by atoms with E-state index in [1.54, 1.807) is 36.5 Å². The number of nitrogens with zero attached hydrogens (tertiary/aromatic N) is 1. The Morgan fingerprint density at radius 3 is 2.85 bits per heavy atom. The number of hydrogen-bond donors (Lipinski definition) is 2. The van der Waals surface area contributed by atoms with Crippen LogP contribution in [-0.4, -0.2) is 16.1 Å². The molecular formula is C14H9Cl2N3O. The number of aromatic nitrogens is 2. The quantitative estimate of drug-likeness (QED) is 0.748. The number of hydrogen-bond acceptors (Lipinski definition) is 2. The van der Waals surface area contributed by atoms with Gasteiger partial charge in [0, 0.05) is 16.0 Å². The van der Waals surface area contributed by atoms with Gasteiger partial charge in [-0.1, -0.05) is 29.3 Å². The second-order valence-corrected chi connectivity index (χ2v) is 5.09. The van der Waals surface area contributed by atoms with Gasteiger partial charge in [0.25, 0.3) is 5.91 Å². The number of aromatic amines is 1. The van der Waals surface area contributed by atoms with Crippen LogP contribution in [0.15, 0.2) is 42.6 Å². The van der Waals surface area contributed by atoms with Crippen LogP contribution in [0.1, 0.15) is 10.4 Å². The zero-order chi connectivity index (χ0) is 14.1. The first-order valence-electron chi connectivity index (χ1n) is 5.83. The molecule has 0 radical (unpaired) electrons. The summed E-state index contributed by atoms with van der Waals surface area (Å²) < 4.78 is 0. The summed E-state index contributed by atoms with van der Waals surface area (Å²) >= 11 is 11.9. The lowest BCUT2D eigenvalue weighted by Gasteiger charge is -2.07. The predicted molar refractivity (Wildman–Crippen MR) is 80.5 cm³/mol. The highest BCUT2D eigenvalue weighted by Gasteiger charge is 2.10. The van der Waals surface area contributed by atoms with Gasteiger partial charge >= 0.3 is 0 Å². The van der Waals surface area contributed by atoms with Gasteiger partial charge in [0.2, 0.25) is 0 Å². The van der Waals surface area contributed by atoms with Crippen LogP contribution in [-0.2, 0) is 0 Å². The van der Waals surface area contributed by atoms with E-state index in [-0.39, 0.29) is 5.91 Å². The fourth-order valence-electron chi connectivity index (χ4n) is 1.87. The Balaban J connectivity index is 1.90. The largest absolute Gasteiger partial charge is 0.321 e. The van der Waals surface area contributed by atoms with Crippen molar-refractivity contribution < 1.29 is 4.79 Å². The van der Waals surface area contributed by atoms with Crippen molar-refractivity contribution in [2.24, 2.45) is 0 Å². The lowest BCUT2D eigenvalue weighted by atomic mass is 10.1. The average molecular weight is 306 g/mol. The van der Waals surface area contributed by atoms with Gasteiger partial charge in [-0.15, -0.1) is 0 Å². The molecule has 0 fully saturated rings. The molecule has 0 atom stereocenters. The van der Waals surface area contributed by atoms with Gasteiger partial charge in [-0.2, -0.15) is 5.10 Å². The average Bonchev–Trinajstić information content (AvgIpc) is 2.90. The van der Waals surface area contributed by atoms with Crippen molar-refractivity contribution in [1.29, 1.82) is 0 Å². The van der Waals surface area contributed by atoms with Crippen LogP contribution in [0.2, 0.25) is 10.0 Å². The van der Waals surface area contributed by atoms with Crippen LogP contribution in [0.3, 0.4) is 0 Å². The van der Waals surface area contributed by atoms with E-state index >= 15 is 0 Å². The van der Waals surface area contributed by atoms with Crippen LogP contribution in [0.5, 0.6) is 0 Å². The molecule has 1 aromatic heterocycles. The van der Waals surface area contributed by atoms with Gasteiger partial charge in [-0.3, -0.25) is 9.89 Å². The van der Waals surface area contributed by atoms with E-state index in [0.717, 1.165) is 10.9 Å². The van der Waals surface area contributed by atoms with Crippen molar-refractivity contribution in [2.45, 2.75) is 0 Å². The number of fused-ring (bicyclic) bond motifs is 1. The molecule has 0 saturated carbocycles. The van der Waals surface area contributed by atoms with E-state index in [1.165, 1.54) is 0 Å². The van der Waals surface area contributed by atoms with Crippen molar-refractivity contribution in [3.05, 3.63) is 58.2 Å². The zero-order valence-electron chi connectivity index (χ0n) is 10.2. The van der Waals surface area contributed by atoms with Gasteiger partial charge < -0.3 is 5.32 Å². The minimum absolute atomic E-state index is 0.259. The molecule has 20 heavy (non-hydrogen) atoms. The van der Waals surface area contributed by atoms with E-state index in [4.69, 9.17) is 23.2 Å². The number of H-pyrrole nitrogens is 1. The van der Waals surface area contributed by atoms with Crippen molar-refractivity contribution in [3.8, 4) is 0 Å². The van der Waals surface area contributed by atoms with Gasteiger partial charge in [-0.25, -0.2) is 0 Å². The smallest absolute Gasteiger partial charge is 0.255 e. The van der Waals surface area contributed by atoms with Gasteiger partial charge in [0.1, 0.15) is 0 Å². The summed E-state index contributed by atoms with van der Waals surface area (Å²) in [6.45, 7) is 0. The SMILES string of the molecule is O=C(Nc1cc(Cl)ccc1Cl)c1ccc2cn[nH]c2c1. The minimum Gasteiger partial charge on any atom is -0.321 e. The van der Waals surface area contributed by atoms with E-state index in [2.05, 4.69) is 15.5 Å². The predicted octanol–water partition coefficient (Wildman–Crippen LogP) is 4.12. The third-order valence-corrected chi connectivity index (χ3v) is 3.45. The number of benzene rings is 2. The molecule has 4 nitrogen and oxygen atoms in total. The van der Waals surface area contributed by atoms with E-state index in [9.17, 15) is 4.79 Å². The van der Waals surface area contributed by atoms with Crippen molar-refractivity contribution in [1.82, 2.24) is 10.2 Å². The van der Waals surface area contributed by atoms with Crippen LogP contribution < -0.4 is 5.32 Å². The number of rotatable bonds is 2. The highest BCUT2D eigenvalue weighted by molar-refractivity contribution is 6.35. The molecular weight excluding hydrogens is 297 g/mol. The third kappa shape index (κ3) is 2.48. The Morgan fingerprint density at radius 1 is 1.15 bits per heavy atom. The molecule has 100 valence electrons. The molecule has 3 rings (SSSR count). The maximum Gasteiger partial charge on any atom is 0.255 e. The second-order valence-electron chi connectivity index (χ2n) is 4.25. The van der Waals surface area contributed by atoms with Crippen molar-refractivity contribution in [2.75, 3.05) is 5.32 Å². The van der Waals surface area contributed by atoms with Crippen LogP contribution >= 0.6 is 23.2 Å². The Labute approximate surface area is 124 Å². The molecule has 2 aromatic carbocycles. The summed E-state index contributed by atoms with van der Waals surface area (Å²) in [7, 11) is 0. The molecule has 0 bridgehead atoms. The summed E-state index contributed by atoms with van der Waals surface area (Å²) in [4.78, 5) is 12.2. The number of carbonyl (C=O) groups is 1. The summed E-state index contributed by atoms with van der Waals surface area (Å²) in [6, 6.07) is 10.2. The third-order valence-electron chi connectivity index (χ3n) is 2.88. The molecule has 0 aliphatic carbocycles. The number of halogens is 2. The Bertz CT molecular complexity index is 798. The molecule has 0 unspecified atom stereocenters. The lowest BCUT2D eigenvalue weighted by molar-refractivity contribution is 0.102. The zero-order valence-corrected chi connectivity index (χ0v) is 11.7. The fourth-order valence-corrected chi connectivity index (χ4v) is 2.20. The molecule has 3 aromatic rings. The van der Waals surface area contributed by atoms with Crippen LogP contribution in [0.25, 0.3) is 10.9 Å². The molecule has 0 spiro atoms. The first-order valence-corrected chi connectivity index (χ1v) is 6.58. The molecule has 1 amide bonds. The monoisotopic (exact) mass is 305 g/mol. The summed E-state index contributed by atoms with van der Waals surface area (Å²) in [5, 5.41) is 11.4. The first kappa shape index (κ1) is 13.0. The topological polar surface area (TPSA) is 57.8 Å². The Kier molecular flexibility index (Phi) is 3.34. The van der Waals surface area contributed by atoms with Crippen LogP contribution in [0, 0.1) is 0 Å². The summed E-state index contributed by atoms with van der Waals surface area (Å²) in [5.41, 5.74) is 1.79. The molecule has 0 saturated heterocycles. The standard InChI is InChI=1S/C14H9Cl2N3O/c15-10-3-4-11(16)13(6-10)18-14(20)8-1-2-9-7-17-19-12(9)5-8/h1-7H,(H,17,19)(H,18,20). The summed E-state index contributed by atoms with van der Waals surface area (Å²) in [6.07, 6.45) is 1.70. The minimum atomic E-state index is -0.259. The molecule has 1 heterocycles. The normalized spacial score (nSPS) is 10.7. The fraction of sp³-hybridized carbons (Fsp3) is 0. The van der Waals surface area contributed by atoms with E-state index in [0.29, 0.717) is 21.3 Å². The van der Waals surface area contributed by atoms with Gasteiger partial charge in [-0.05, 0) is 30.3 Å². The van der Waals surface area contributed by atoms with Crippen molar-refractivity contribution >= 4 is 45.7 Å². The number of anilines is 1. The number of amides is 1. The highest BCUT2D eigenvalue weighted by Crippen LogP contribution is 2.26. The number of carbonyl (C=O) groups excluding carboxylic acids is 1. The van der Waals surface area contributed by atoms with E-state index in [1.807, 2.05) is 6.07 Å². The van der Waals surface area contributed by atoms with Gasteiger partial charge in [0.15, 0.2) is 0 Å². The Morgan fingerprint density at radius 2 is 2.00 bits per heavy atom. The maximum atomic E-state index is 12.2. The Hall–Kier alpha value is -2.04. The second kappa shape index (κ2) is 5.15. The lowest BCUT2D eigenvalue weighted by Crippen LogP contribution is -2.12. The molecule has 0 aliphatic heterocycles. The molecule has 2 N–H and O–H groups in total.